The van der Waals surface area contributed by atoms with Crippen molar-refractivity contribution in [3.8, 4) is 11.5 Å². The predicted molar refractivity (Wildman–Crippen MR) is 165 cm³/mol. The first-order valence-electron chi connectivity index (χ1n) is 14.2. The van der Waals surface area contributed by atoms with Crippen LogP contribution in [0.5, 0.6) is 11.5 Å². The van der Waals surface area contributed by atoms with Crippen LogP contribution in [0.4, 0.5) is 0 Å². The molecule has 7 rings (SSSR count). The second-order valence-corrected chi connectivity index (χ2v) is 10.8. The highest BCUT2D eigenvalue weighted by Crippen LogP contribution is 2.40. The molecule has 0 fully saturated rings. The highest BCUT2D eigenvalue weighted by molar-refractivity contribution is 6.24. The highest BCUT2D eigenvalue weighted by Gasteiger charge is 2.18. The monoisotopic (exact) mass is 517 g/mol. The van der Waals surface area contributed by atoms with Crippen LogP contribution >= 0.6 is 0 Å². The smallest absolute Gasteiger partial charge is 0.120 e. The second kappa shape index (κ2) is 9.57. The van der Waals surface area contributed by atoms with Gasteiger partial charge in [0.15, 0.2) is 0 Å². The fourth-order valence-corrected chi connectivity index (χ4v) is 6.45. The first-order valence-corrected chi connectivity index (χ1v) is 14.2. The molecule has 0 unspecified atom stereocenters. The normalized spacial score (nSPS) is 12.2. The molecule has 0 saturated heterocycles. The fraction of sp³-hybridized carbons (Fsp3) is 0.294. The van der Waals surface area contributed by atoms with Crippen LogP contribution in [0.15, 0.2) is 60.7 Å². The molecule has 7 aromatic rings. The van der Waals surface area contributed by atoms with E-state index in [2.05, 4.69) is 70.0 Å². The van der Waals surface area contributed by atoms with Crippen LogP contribution in [0.25, 0.3) is 65.4 Å². The predicted octanol–water partition coefficient (Wildman–Crippen LogP) is 9.44. The summed E-state index contributed by atoms with van der Waals surface area (Å²) in [5, 5.41) is 7.56. The van der Waals surface area contributed by atoms with Gasteiger partial charge >= 0.3 is 0 Å². The van der Waals surface area contributed by atoms with Crippen LogP contribution < -0.4 is 9.47 Å². The van der Waals surface area contributed by atoms with Gasteiger partial charge in [-0.15, -0.1) is 0 Å². The molecular weight excluding hydrogens is 482 g/mol. The maximum Gasteiger partial charge on any atom is 0.120 e. The summed E-state index contributed by atoms with van der Waals surface area (Å²) >= 11 is 0. The van der Waals surface area contributed by atoms with E-state index < -0.39 is 0 Å². The van der Waals surface area contributed by atoms with Gasteiger partial charge < -0.3 is 24.0 Å². The number of fused-ring (bicyclic) bond motifs is 10. The Balaban J connectivity index is 1.47. The van der Waals surface area contributed by atoms with E-state index in [1.807, 2.05) is 12.1 Å². The summed E-state index contributed by atoms with van der Waals surface area (Å²) in [6, 6.07) is 22.0. The number of unbranched alkanes of at least 4 members (excludes halogenated alkanes) is 5. The van der Waals surface area contributed by atoms with Gasteiger partial charge in [0.05, 0.1) is 36.3 Å². The molecule has 0 saturated carbocycles. The number of methoxy groups -OCH3 is 2. The number of ether oxygens (including phenoxy) is 2. The van der Waals surface area contributed by atoms with Gasteiger partial charge in [-0.05, 0) is 42.8 Å². The van der Waals surface area contributed by atoms with Gasteiger partial charge in [-0.25, -0.2) is 0 Å². The number of hydrogen-bond acceptors (Lipinski definition) is 2. The first kappa shape index (κ1) is 24.0. The number of rotatable bonds is 9. The van der Waals surface area contributed by atoms with Gasteiger partial charge in [-0.1, -0.05) is 51.2 Å². The average molecular weight is 518 g/mol. The van der Waals surface area contributed by atoms with Crippen molar-refractivity contribution in [2.75, 3.05) is 14.2 Å². The maximum atomic E-state index is 5.52. The highest BCUT2D eigenvalue weighted by atomic mass is 16.5. The molecule has 0 bridgehead atoms. The molecule has 0 amide bonds. The third-order valence-corrected chi connectivity index (χ3v) is 8.46. The average Bonchev–Trinajstić information content (AvgIpc) is 3.61. The molecule has 0 aliphatic carbocycles. The van der Waals surface area contributed by atoms with E-state index in [9.17, 15) is 0 Å². The standard InChI is InChI=1S/C34H35N3O2/c1-4-5-6-7-8-9-16-37-32-20-27-24-13-11-21(38-2)17-29(24)35-31(27)19-28(32)26-15-14-25-23-12-10-22(39-3)18-30(23)36-33(25)34(26)37/h10-15,17-20,35-36H,4-9,16H2,1-3H3. The molecule has 5 nitrogen and oxygen atoms in total. The lowest BCUT2D eigenvalue weighted by Crippen LogP contribution is -1.98. The van der Waals surface area contributed by atoms with Crippen LogP contribution in [0.1, 0.15) is 45.4 Å². The Labute approximate surface area is 227 Å². The van der Waals surface area contributed by atoms with Crippen LogP contribution in [0.2, 0.25) is 0 Å². The van der Waals surface area contributed by atoms with Crippen LogP contribution in [0.3, 0.4) is 0 Å². The summed E-state index contributed by atoms with van der Waals surface area (Å²) in [6.07, 6.45) is 7.69. The number of aryl methyl sites for hydroxylation is 1. The van der Waals surface area contributed by atoms with E-state index in [4.69, 9.17) is 9.47 Å². The van der Waals surface area contributed by atoms with E-state index in [0.29, 0.717) is 0 Å². The lowest BCUT2D eigenvalue weighted by atomic mass is 10.1. The molecule has 2 N–H and O–H groups in total. The molecule has 0 radical (unpaired) electrons. The second-order valence-electron chi connectivity index (χ2n) is 10.8. The zero-order chi connectivity index (χ0) is 26.5. The largest absolute Gasteiger partial charge is 0.497 e. The Morgan fingerprint density at radius 2 is 1.21 bits per heavy atom. The minimum absolute atomic E-state index is 0.870. The number of nitrogens with zero attached hydrogens (tertiary/aromatic N) is 1. The van der Waals surface area contributed by atoms with Gasteiger partial charge in [0.25, 0.3) is 0 Å². The Morgan fingerprint density at radius 3 is 1.95 bits per heavy atom. The maximum absolute atomic E-state index is 5.52. The molecule has 0 atom stereocenters. The van der Waals surface area contributed by atoms with E-state index in [1.165, 1.54) is 87.4 Å². The number of H-pyrrole nitrogens is 2. The summed E-state index contributed by atoms with van der Waals surface area (Å²) in [5.74, 6) is 1.74. The summed E-state index contributed by atoms with van der Waals surface area (Å²) in [4.78, 5) is 7.42. The van der Waals surface area contributed by atoms with Crippen molar-refractivity contribution < 1.29 is 9.47 Å². The van der Waals surface area contributed by atoms with Crippen molar-refractivity contribution in [3.05, 3.63) is 60.7 Å². The van der Waals surface area contributed by atoms with E-state index in [1.54, 1.807) is 14.2 Å². The van der Waals surface area contributed by atoms with E-state index in [0.717, 1.165) is 34.6 Å². The molecule has 3 aromatic heterocycles. The van der Waals surface area contributed by atoms with Gasteiger partial charge in [0.1, 0.15) is 11.5 Å². The molecule has 198 valence electrons. The van der Waals surface area contributed by atoms with E-state index >= 15 is 0 Å². The van der Waals surface area contributed by atoms with Crippen molar-refractivity contribution >= 4 is 65.4 Å². The first-order chi connectivity index (χ1) is 19.2. The third kappa shape index (κ3) is 3.82. The zero-order valence-electron chi connectivity index (χ0n) is 23.0. The van der Waals surface area contributed by atoms with E-state index in [-0.39, 0.29) is 0 Å². The minimum Gasteiger partial charge on any atom is -0.497 e. The molecule has 0 aliphatic rings. The van der Waals surface area contributed by atoms with Crippen LogP contribution in [0, 0.1) is 0 Å². The minimum atomic E-state index is 0.870. The van der Waals surface area contributed by atoms with Gasteiger partial charge in [-0.2, -0.15) is 0 Å². The van der Waals surface area contributed by atoms with Gasteiger partial charge in [0.2, 0.25) is 0 Å². The SMILES string of the molecule is CCCCCCCCn1c2cc3c(cc2c2ccc4c5ccc(OC)cc5[nH]c4c21)[nH]c1cc(OC)ccc13. The van der Waals surface area contributed by atoms with Crippen molar-refractivity contribution in [2.45, 2.75) is 52.0 Å². The zero-order valence-corrected chi connectivity index (χ0v) is 23.0. The lowest BCUT2D eigenvalue weighted by molar-refractivity contribution is 0.415. The number of nitrogens with one attached hydrogen (secondary N) is 2. The Bertz CT molecular complexity index is 1990. The molecule has 39 heavy (non-hydrogen) atoms. The Kier molecular flexibility index (Phi) is 5.88. The topological polar surface area (TPSA) is 55.0 Å². The number of aromatic amines is 2. The summed E-state index contributed by atoms with van der Waals surface area (Å²) < 4.78 is 13.6. The van der Waals surface area contributed by atoms with Crippen molar-refractivity contribution in [3.63, 3.8) is 0 Å². The molecule has 0 aliphatic heterocycles. The molecule has 3 heterocycles. The summed E-state index contributed by atoms with van der Waals surface area (Å²) in [5.41, 5.74) is 7.18. The number of hydrogen-bond donors (Lipinski definition) is 2. The lowest BCUT2D eigenvalue weighted by Gasteiger charge is -2.09. The van der Waals surface area contributed by atoms with Gasteiger partial charge in [-0.3, -0.25) is 0 Å². The number of aromatic nitrogens is 3. The molecule has 4 aromatic carbocycles. The van der Waals surface area contributed by atoms with Crippen molar-refractivity contribution in [1.82, 2.24) is 14.5 Å². The van der Waals surface area contributed by atoms with Crippen molar-refractivity contribution in [1.29, 1.82) is 0 Å². The Morgan fingerprint density at radius 1 is 0.590 bits per heavy atom. The molecule has 5 heteroatoms. The van der Waals surface area contributed by atoms with Crippen LogP contribution in [-0.2, 0) is 6.54 Å². The Hall–Kier alpha value is -4.12. The van der Waals surface area contributed by atoms with Gasteiger partial charge in [0, 0.05) is 62.0 Å². The molecule has 0 spiro atoms. The summed E-state index contributed by atoms with van der Waals surface area (Å²) in [6.45, 7) is 3.28. The fourth-order valence-electron chi connectivity index (χ4n) is 6.45. The summed E-state index contributed by atoms with van der Waals surface area (Å²) in [7, 11) is 3.44. The molecular formula is C34H35N3O2. The van der Waals surface area contributed by atoms with Crippen molar-refractivity contribution in [2.24, 2.45) is 0 Å². The van der Waals surface area contributed by atoms with Crippen LogP contribution in [-0.4, -0.2) is 28.8 Å². The third-order valence-electron chi connectivity index (χ3n) is 8.46. The number of benzene rings is 4. The quantitative estimate of drug-likeness (QED) is 0.187.